The van der Waals surface area contributed by atoms with E-state index in [9.17, 15) is 14.4 Å². The van der Waals surface area contributed by atoms with E-state index >= 15 is 0 Å². The van der Waals surface area contributed by atoms with Crippen molar-refractivity contribution in [1.82, 2.24) is 10.2 Å². The first-order chi connectivity index (χ1) is 11.4. The normalized spacial score (nSPS) is 11.8. The largest absolute Gasteiger partial charge is 0.481 e. The zero-order valence-electron chi connectivity index (χ0n) is 13.7. The van der Waals surface area contributed by atoms with Gasteiger partial charge < -0.3 is 15.3 Å². The summed E-state index contributed by atoms with van der Waals surface area (Å²) >= 11 is 0. The number of fused-ring (bicyclic) bond motifs is 1. The lowest BCUT2D eigenvalue weighted by atomic mass is 9.99. The highest BCUT2D eigenvalue weighted by atomic mass is 16.4. The predicted octanol–water partition coefficient (Wildman–Crippen LogP) is 1.95. The van der Waals surface area contributed by atoms with E-state index in [1.807, 2.05) is 42.5 Å². The molecule has 2 rings (SSSR count). The molecule has 6 nitrogen and oxygen atoms in total. The van der Waals surface area contributed by atoms with Crippen molar-refractivity contribution in [3.8, 4) is 0 Å². The van der Waals surface area contributed by atoms with Crippen molar-refractivity contribution >= 4 is 28.6 Å². The Morgan fingerprint density at radius 1 is 1.12 bits per heavy atom. The maximum Gasteiger partial charge on any atom is 0.305 e. The molecule has 6 heteroatoms. The number of likely N-dealkylation sites (N-methyl/N-ethyl adjacent to an activating group) is 1. The molecule has 0 aliphatic rings. The maximum absolute atomic E-state index is 12.1. The van der Waals surface area contributed by atoms with Crippen LogP contribution in [0.1, 0.15) is 24.9 Å². The summed E-state index contributed by atoms with van der Waals surface area (Å²) in [5.74, 6) is -1.63. The SMILES string of the molecule is CC(=O)N(C)CC(=O)N[C@@H](CC(=O)O)c1ccc2ccccc2c1. The Hall–Kier alpha value is -2.89. The number of hydrogen-bond acceptors (Lipinski definition) is 3. The summed E-state index contributed by atoms with van der Waals surface area (Å²) in [5.41, 5.74) is 0.718. The van der Waals surface area contributed by atoms with Crippen LogP contribution in [0.2, 0.25) is 0 Å². The van der Waals surface area contributed by atoms with Crippen molar-refractivity contribution in [2.45, 2.75) is 19.4 Å². The summed E-state index contributed by atoms with van der Waals surface area (Å²) < 4.78 is 0. The van der Waals surface area contributed by atoms with E-state index in [1.54, 1.807) is 0 Å². The Kier molecular flexibility index (Phi) is 5.52. The van der Waals surface area contributed by atoms with Gasteiger partial charge in [0.15, 0.2) is 0 Å². The minimum absolute atomic E-state index is 0.112. The lowest BCUT2D eigenvalue weighted by Gasteiger charge is -2.20. The van der Waals surface area contributed by atoms with Crippen molar-refractivity contribution in [1.29, 1.82) is 0 Å². The number of benzene rings is 2. The second-order valence-corrected chi connectivity index (χ2v) is 5.70. The first kappa shape index (κ1) is 17.5. The maximum atomic E-state index is 12.1. The summed E-state index contributed by atoms with van der Waals surface area (Å²) in [6.07, 6.45) is -0.228. The summed E-state index contributed by atoms with van der Waals surface area (Å²) in [5, 5.41) is 13.8. The number of aliphatic carboxylic acids is 1. The molecule has 0 unspecified atom stereocenters. The highest BCUT2D eigenvalue weighted by Crippen LogP contribution is 2.22. The fourth-order valence-electron chi connectivity index (χ4n) is 2.42. The second kappa shape index (κ2) is 7.59. The van der Waals surface area contributed by atoms with E-state index in [1.165, 1.54) is 18.9 Å². The number of rotatable bonds is 6. The monoisotopic (exact) mass is 328 g/mol. The van der Waals surface area contributed by atoms with Gasteiger partial charge in [-0.3, -0.25) is 14.4 Å². The number of hydrogen-bond donors (Lipinski definition) is 2. The molecule has 0 aliphatic carbocycles. The van der Waals surface area contributed by atoms with Crippen molar-refractivity contribution in [3.63, 3.8) is 0 Å². The molecule has 0 fully saturated rings. The molecule has 24 heavy (non-hydrogen) atoms. The van der Waals surface area contributed by atoms with Crippen LogP contribution in [0.3, 0.4) is 0 Å². The molecular weight excluding hydrogens is 308 g/mol. The molecule has 0 radical (unpaired) electrons. The van der Waals surface area contributed by atoms with Crippen LogP contribution in [0.4, 0.5) is 0 Å². The molecule has 0 aliphatic heterocycles. The number of carboxylic acids is 1. The number of nitrogens with zero attached hydrogens (tertiary/aromatic N) is 1. The van der Waals surface area contributed by atoms with Crippen molar-refractivity contribution in [3.05, 3.63) is 48.0 Å². The summed E-state index contributed by atoms with van der Waals surface area (Å²) in [4.78, 5) is 35.7. The fourth-order valence-corrected chi connectivity index (χ4v) is 2.42. The average Bonchev–Trinajstić information content (AvgIpc) is 2.53. The summed E-state index contributed by atoms with van der Waals surface area (Å²) in [6, 6.07) is 12.7. The summed E-state index contributed by atoms with van der Waals surface area (Å²) in [6.45, 7) is 1.25. The Balaban J connectivity index is 2.21. The van der Waals surface area contributed by atoms with Crippen LogP contribution < -0.4 is 5.32 Å². The van der Waals surface area contributed by atoms with Crippen LogP contribution in [-0.2, 0) is 14.4 Å². The van der Waals surface area contributed by atoms with E-state index in [0.29, 0.717) is 0 Å². The summed E-state index contributed by atoms with van der Waals surface area (Å²) in [7, 11) is 1.52. The van der Waals surface area contributed by atoms with Crippen LogP contribution in [0.5, 0.6) is 0 Å². The van der Waals surface area contributed by atoms with E-state index in [-0.39, 0.29) is 18.9 Å². The Bertz CT molecular complexity index is 772. The number of carboxylic acid groups (broad SMARTS) is 1. The van der Waals surface area contributed by atoms with E-state index < -0.39 is 17.9 Å². The molecule has 0 bridgehead atoms. The number of amides is 2. The van der Waals surface area contributed by atoms with Crippen molar-refractivity contribution in [2.75, 3.05) is 13.6 Å². The van der Waals surface area contributed by atoms with Gasteiger partial charge in [0.25, 0.3) is 0 Å². The van der Waals surface area contributed by atoms with Crippen LogP contribution >= 0.6 is 0 Å². The minimum Gasteiger partial charge on any atom is -0.481 e. The smallest absolute Gasteiger partial charge is 0.305 e. The first-order valence-corrected chi connectivity index (χ1v) is 7.58. The Labute approximate surface area is 140 Å². The standard InChI is InChI=1S/C18H20N2O4/c1-12(21)20(2)11-17(22)19-16(10-18(23)24)15-8-7-13-5-3-4-6-14(13)9-15/h3-9,16H,10-11H2,1-2H3,(H,19,22)(H,23,24)/t16-/m0/s1. The zero-order valence-corrected chi connectivity index (χ0v) is 13.7. The molecule has 1 atom stereocenters. The molecule has 0 saturated heterocycles. The van der Waals surface area contributed by atoms with Gasteiger partial charge in [0.1, 0.15) is 0 Å². The van der Waals surface area contributed by atoms with Gasteiger partial charge in [-0.1, -0.05) is 36.4 Å². The molecule has 2 aromatic carbocycles. The highest BCUT2D eigenvalue weighted by Gasteiger charge is 2.19. The highest BCUT2D eigenvalue weighted by molar-refractivity contribution is 5.85. The van der Waals surface area contributed by atoms with E-state index in [4.69, 9.17) is 5.11 Å². The van der Waals surface area contributed by atoms with Gasteiger partial charge in [-0.25, -0.2) is 0 Å². The molecule has 0 heterocycles. The number of carbonyl (C=O) groups excluding carboxylic acids is 2. The van der Waals surface area contributed by atoms with Gasteiger partial charge in [0.05, 0.1) is 19.0 Å². The van der Waals surface area contributed by atoms with Gasteiger partial charge in [-0.2, -0.15) is 0 Å². The van der Waals surface area contributed by atoms with Gasteiger partial charge in [-0.05, 0) is 22.4 Å². The molecule has 126 valence electrons. The van der Waals surface area contributed by atoms with Crippen LogP contribution in [0.15, 0.2) is 42.5 Å². The molecule has 0 saturated carbocycles. The molecule has 0 spiro atoms. The third-order valence-electron chi connectivity index (χ3n) is 3.81. The third-order valence-corrected chi connectivity index (χ3v) is 3.81. The Morgan fingerprint density at radius 3 is 2.42 bits per heavy atom. The topological polar surface area (TPSA) is 86.7 Å². The minimum atomic E-state index is -1.01. The number of nitrogens with one attached hydrogen (secondary N) is 1. The van der Waals surface area contributed by atoms with Crippen molar-refractivity contribution in [2.24, 2.45) is 0 Å². The van der Waals surface area contributed by atoms with Gasteiger partial charge >= 0.3 is 5.97 Å². The number of carbonyl (C=O) groups is 3. The Morgan fingerprint density at radius 2 is 1.79 bits per heavy atom. The predicted molar refractivity (Wildman–Crippen MR) is 90.4 cm³/mol. The van der Waals surface area contributed by atoms with Crippen LogP contribution in [0, 0.1) is 0 Å². The second-order valence-electron chi connectivity index (χ2n) is 5.70. The zero-order chi connectivity index (χ0) is 17.7. The van der Waals surface area contributed by atoms with Crippen molar-refractivity contribution < 1.29 is 19.5 Å². The van der Waals surface area contributed by atoms with E-state index in [2.05, 4.69) is 5.32 Å². The quantitative estimate of drug-likeness (QED) is 0.848. The van der Waals surface area contributed by atoms with E-state index in [0.717, 1.165) is 16.3 Å². The molecule has 0 aromatic heterocycles. The first-order valence-electron chi connectivity index (χ1n) is 7.58. The fraction of sp³-hybridized carbons (Fsp3) is 0.278. The molecular formula is C18H20N2O4. The molecule has 2 amide bonds. The average molecular weight is 328 g/mol. The van der Waals surface area contributed by atoms with Crippen LogP contribution in [0.25, 0.3) is 10.8 Å². The lowest BCUT2D eigenvalue weighted by Crippen LogP contribution is -2.39. The third kappa shape index (κ3) is 4.55. The lowest BCUT2D eigenvalue weighted by molar-refractivity contribution is -0.138. The molecule has 2 N–H and O–H groups in total. The van der Waals surface area contributed by atoms with Gasteiger partial charge in [0.2, 0.25) is 11.8 Å². The van der Waals surface area contributed by atoms with Gasteiger partial charge in [0, 0.05) is 14.0 Å². The van der Waals surface area contributed by atoms with Gasteiger partial charge in [-0.15, -0.1) is 0 Å². The van der Waals surface area contributed by atoms with Crippen LogP contribution in [-0.4, -0.2) is 41.4 Å². The molecule has 2 aromatic rings.